The Bertz CT molecular complexity index is 3000. The van der Waals surface area contributed by atoms with E-state index >= 15 is 0 Å². The Balaban J connectivity index is 0.000000166. The molecule has 2 aliphatic rings. The highest BCUT2D eigenvalue weighted by molar-refractivity contribution is 5.73. The Kier molecular flexibility index (Phi) is 12.8. The number of rotatable bonds is 11. The van der Waals surface area contributed by atoms with Gasteiger partial charge in [0.25, 0.3) is 5.69 Å². The SMILES string of the molecule is Cc1cc(-c2nnn(-c3ccc(CCN4CCc5ccncc5C4)cc3)n2)c([N+](=O)[O-])cc1C.Cc1cc(N)c(-c2nnn(-c3ccc(CCN4CCc5ccncc5C4)cc3)n2)cc1C. The van der Waals surface area contributed by atoms with E-state index in [4.69, 9.17) is 5.73 Å². The van der Waals surface area contributed by atoms with Crippen LogP contribution in [-0.2, 0) is 38.8 Å². The highest BCUT2D eigenvalue weighted by atomic mass is 16.6. The number of anilines is 1. The molecule has 10 rings (SSSR count). The first-order valence-corrected chi connectivity index (χ1v) is 22.2. The normalized spacial score (nSPS) is 13.7. The molecule has 0 saturated heterocycles. The lowest BCUT2D eigenvalue weighted by molar-refractivity contribution is -0.384. The molecule has 0 fully saturated rings. The summed E-state index contributed by atoms with van der Waals surface area (Å²) < 4.78 is 0. The largest absolute Gasteiger partial charge is 0.398 e. The molecule has 66 heavy (non-hydrogen) atoms. The molecule has 2 N–H and O–H groups in total. The maximum Gasteiger partial charge on any atom is 0.280 e. The molecule has 0 bridgehead atoms. The molecule has 0 radical (unpaired) electrons. The summed E-state index contributed by atoms with van der Waals surface area (Å²) in [6.45, 7) is 14.0. The Labute approximate surface area is 383 Å². The molecule has 334 valence electrons. The molecule has 0 atom stereocenters. The number of hydrogen-bond acceptors (Lipinski definition) is 13. The van der Waals surface area contributed by atoms with Crippen LogP contribution < -0.4 is 5.73 Å². The summed E-state index contributed by atoms with van der Waals surface area (Å²) in [6.07, 6.45) is 11.8. The van der Waals surface area contributed by atoms with Crippen LogP contribution in [-0.4, -0.2) is 91.3 Å². The summed E-state index contributed by atoms with van der Waals surface area (Å²) in [6, 6.07) is 27.9. The van der Waals surface area contributed by atoms with Gasteiger partial charge in [0.05, 0.1) is 16.3 Å². The molecule has 16 nitrogen and oxygen atoms in total. The molecule has 0 spiro atoms. The van der Waals surface area contributed by atoms with Gasteiger partial charge in [0.2, 0.25) is 11.6 Å². The van der Waals surface area contributed by atoms with E-state index in [9.17, 15) is 10.1 Å². The van der Waals surface area contributed by atoms with E-state index < -0.39 is 4.92 Å². The van der Waals surface area contributed by atoms with Crippen molar-refractivity contribution < 1.29 is 4.92 Å². The van der Waals surface area contributed by atoms with Crippen molar-refractivity contribution in [3.8, 4) is 34.2 Å². The van der Waals surface area contributed by atoms with Crippen LogP contribution in [0.25, 0.3) is 34.2 Å². The van der Waals surface area contributed by atoms with E-state index in [1.54, 1.807) is 16.9 Å². The van der Waals surface area contributed by atoms with Gasteiger partial charge in [-0.25, -0.2) is 0 Å². The predicted octanol–water partition coefficient (Wildman–Crippen LogP) is 7.37. The number of nitrogens with two attached hydrogens (primary N) is 1. The first-order chi connectivity index (χ1) is 32.0. The first kappa shape index (κ1) is 43.7. The zero-order chi connectivity index (χ0) is 45.7. The zero-order valence-electron chi connectivity index (χ0n) is 37.7. The molecule has 2 aliphatic heterocycles. The van der Waals surface area contributed by atoms with Crippen molar-refractivity contribution in [2.24, 2.45) is 0 Å². The van der Waals surface area contributed by atoms with Crippen molar-refractivity contribution >= 4 is 11.4 Å². The second kappa shape index (κ2) is 19.3. The number of hydrogen-bond donors (Lipinski definition) is 1. The lowest BCUT2D eigenvalue weighted by atomic mass is 10.0. The van der Waals surface area contributed by atoms with E-state index in [0.29, 0.717) is 17.1 Å². The van der Waals surface area contributed by atoms with Gasteiger partial charge in [-0.05, 0) is 174 Å². The monoisotopic (exact) mass is 880 g/mol. The Morgan fingerprint density at radius 3 is 1.55 bits per heavy atom. The lowest BCUT2D eigenvalue weighted by Gasteiger charge is -2.28. The highest BCUT2D eigenvalue weighted by Crippen LogP contribution is 2.31. The third-order valence-corrected chi connectivity index (χ3v) is 12.7. The smallest absolute Gasteiger partial charge is 0.280 e. The van der Waals surface area contributed by atoms with Crippen molar-refractivity contribution in [2.75, 3.05) is 31.9 Å². The van der Waals surface area contributed by atoms with Crippen LogP contribution >= 0.6 is 0 Å². The minimum Gasteiger partial charge on any atom is -0.398 e. The fraction of sp³-hybridized carbons (Fsp3) is 0.280. The number of nitrogen functional groups attached to an aromatic ring is 1. The fourth-order valence-electron chi connectivity index (χ4n) is 8.46. The number of pyridine rings is 2. The summed E-state index contributed by atoms with van der Waals surface area (Å²) in [4.78, 5) is 27.6. The van der Waals surface area contributed by atoms with Crippen molar-refractivity contribution in [1.29, 1.82) is 0 Å². The summed E-state index contributed by atoms with van der Waals surface area (Å²) in [5.74, 6) is 0.772. The molecule has 4 aromatic heterocycles. The summed E-state index contributed by atoms with van der Waals surface area (Å²) in [5, 5.41) is 37.2. The summed E-state index contributed by atoms with van der Waals surface area (Å²) >= 11 is 0. The number of fused-ring (bicyclic) bond motifs is 2. The quantitative estimate of drug-likeness (QED) is 0.0771. The number of nitro groups is 1. The van der Waals surface area contributed by atoms with E-state index in [0.717, 1.165) is 104 Å². The average molecular weight is 881 g/mol. The minimum absolute atomic E-state index is 0.0193. The molecule has 6 heterocycles. The van der Waals surface area contributed by atoms with Gasteiger partial charge in [-0.3, -0.25) is 29.9 Å². The van der Waals surface area contributed by atoms with Crippen molar-refractivity contribution in [1.82, 2.24) is 60.2 Å². The zero-order valence-corrected chi connectivity index (χ0v) is 37.7. The Morgan fingerprint density at radius 2 is 1.05 bits per heavy atom. The van der Waals surface area contributed by atoms with Crippen LogP contribution in [0.1, 0.15) is 55.6 Å². The number of aryl methyl sites for hydroxylation is 4. The molecule has 0 amide bonds. The van der Waals surface area contributed by atoms with Crippen LogP contribution in [0.5, 0.6) is 0 Å². The number of benzene rings is 4. The predicted molar refractivity (Wildman–Crippen MR) is 253 cm³/mol. The van der Waals surface area contributed by atoms with Crippen LogP contribution in [0, 0.1) is 37.8 Å². The maximum atomic E-state index is 11.5. The maximum absolute atomic E-state index is 11.5. The van der Waals surface area contributed by atoms with Crippen LogP contribution in [0.4, 0.5) is 11.4 Å². The van der Waals surface area contributed by atoms with Gasteiger partial charge in [-0.15, -0.1) is 30.0 Å². The second-order valence-corrected chi connectivity index (χ2v) is 17.2. The van der Waals surface area contributed by atoms with Crippen molar-refractivity contribution in [2.45, 2.75) is 66.5 Å². The van der Waals surface area contributed by atoms with Crippen molar-refractivity contribution in [3.05, 3.63) is 175 Å². The standard InChI is InChI=1S/C25H25N7O2.C25H27N7/c1-17-13-23(24(32(33)34)14-18(17)2)25-27-29-31(28-25)22-5-3-19(4-6-22)8-11-30-12-9-20-7-10-26-15-21(20)16-30;1-17-13-23(24(26)14-18(17)2)25-28-30-32(29-25)22-5-3-19(4-6-22)8-11-31-12-9-20-7-10-27-15-21(20)16-31/h3-7,10,13-15H,8-9,11-12,16H2,1-2H3;3-7,10,13-15H,8-9,11-12,16,26H2,1-2H3. The van der Waals surface area contributed by atoms with Crippen LogP contribution in [0.15, 0.2) is 110 Å². The van der Waals surface area contributed by atoms with Crippen LogP contribution in [0.3, 0.4) is 0 Å². The molecule has 4 aromatic carbocycles. The molecule has 0 unspecified atom stereocenters. The summed E-state index contributed by atoms with van der Waals surface area (Å²) in [7, 11) is 0. The number of nitro benzene ring substituents is 1. The third kappa shape index (κ3) is 9.89. The van der Waals surface area contributed by atoms with E-state index in [1.807, 2.05) is 82.0 Å². The second-order valence-electron chi connectivity index (χ2n) is 17.2. The van der Waals surface area contributed by atoms with Crippen molar-refractivity contribution in [3.63, 3.8) is 0 Å². The number of nitrogens with zero attached hydrogens (tertiary/aromatic N) is 13. The number of tetrazole rings is 2. The molecule has 0 aliphatic carbocycles. The summed E-state index contributed by atoms with van der Waals surface area (Å²) in [5.41, 5.74) is 21.8. The van der Waals surface area contributed by atoms with E-state index in [1.165, 1.54) is 38.2 Å². The molecular weight excluding hydrogens is 829 g/mol. The molecule has 0 saturated carbocycles. The average Bonchev–Trinajstić information content (AvgIpc) is 4.04. The van der Waals surface area contributed by atoms with Crippen LogP contribution in [0.2, 0.25) is 0 Å². The Hall–Kier alpha value is -7.56. The van der Waals surface area contributed by atoms with Gasteiger partial charge in [0.1, 0.15) is 5.56 Å². The molecule has 8 aromatic rings. The van der Waals surface area contributed by atoms with E-state index in [2.05, 4.69) is 93.9 Å². The molecule has 16 heteroatoms. The minimum atomic E-state index is -0.408. The van der Waals surface area contributed by atoms with Gasteiger partial charge in [-0.2, -0.15) is 0 Å². The fourth-order valence-corrected chi connectivity index (χ4v) is 8.46. The number of aromatic nitrogens is 10. The highest BCUT2D eigenvalue weighted by Gasteiger charge is 2.22. The van der Waals surface area contributed by atoms with Gasteiger partial charge in [0.15, 0.2) is 0 Å². The van der Waals surface area contributed by atoms with Gasteiger partial charge < -0.3 is 5.73 Å². The first-order valence-electron chi connectivity index (χ1n) is 22.2. The molecular formula is C50H52N14O2. The third-order valence-electron chi connectivity index (χ3n) is 12.7. The van der Waals surface area contributed by atoms with Gasteiger partial charge >= 0.3 is 0 Å². The topological polar surface area (TPSA) is 189 Å². The lowest BCUT2D eigenvalue weighted by Crippen LogP contribution is -2.32. The van der Waals surface area contributed by atoms with E-state index in [-0.39, 0.29) is 11.5 Å². The Morgan fingerprint density at radius 1 is 0.591 bits per heavy atom. The van der Waals surface area contributed by atoms with Gasteiger partial charge in [0, 0.05) is 81.4 Å². The van der Waals surface area contributed by atoms with Gasteiger partial charge in [-0.1, -0.05) is 24.3 Å².